The summed E-state index contributed by atoms with van der Waals surface area (Å²) in [6, 6.07) is -0.615. The molecule has 1 N–H and O–H groups in total. The van der Waals surface area contributed by atoms with Crippen molar-refractivity contribution in [1.82, 2.24) is 19.7 Å². The van der Waals surface area contributed by atoms with E-state index in [9.17, 15) is 4.79 Å². The van der Waals surface area contributed by atoms with Crippen LogP contribution in [-0.4, -0.2) is 57.0 Å². The van der Waals surface area contributed by atoms with Gasteiger partial charge in [0.25, 0.3) is 0 Å². The Morgan fingerprint density at radius 3 is 3.19 bits per heavy atom. The average Bonchev–Trinajstić information content (AvgIpc) is 2.72. The third-order valence-corrected chi connectivity index (χ3v) is 2.72. The fourth-order valence-corrected chi connectivity index (χ4v) is 1.84. The van der Waals surface area contributed by atoms with Crippen LogP contribution in [0.2, 0.25) is 0 Å². The third kappa shape index (κ3) is 2.05. The van der Waals surface area contributed by atoms with Crippen LogP contribution < -0.4 is 0 Å². The number of rotatable bonds is 4. The summed E-state index contributed by atoms with van der Waals surface area (Å²) in [6.07, 6.45) is 1.67. The van der Waals surface area contributed by atoms with Crippen LogP contribution in [0.15, 0.2) is 6.33 Å². The Morgan fingerprint density at radius 1 is 1.69 bits per heavy atom. The molecule has 1 unspecified atom stereocenters. The molecule has 1 aromatic heterocycles. The number of nitrogens with zero attached hydrogens (tertiary/aromatic N) is 4. The number of hydrogen-bond acceptors (Lipinski definition) is 5. The van der Waals surface area contributed by atoms with Gasteiger partial charge in [0.2, 0.25) is 0 Å². The van der Waals surface area contributed by atoms with Crippen LogP contribution in [0.25, 0.3) is 0 Å². The molecule has 7 nitrogen and oxygen atoms in total. The smallest absolute Gasteiger partial charge is 0.323 e. The molecule has 0 saturated carbocycles. The Bertz CT molecular complexity index is 379. The van der Waals surface area contributed by atoms with Gasteiger partial charge in [-0.2, -0.15) is 0 Å². The van der Waals surface area contributed by atoms with Crippen molar-refractivity contribution in [3.05, 3.63) is 12.2 Å². The van der Waals surface area contributed by atoms with E-state index in [0.717, 1.165) is 12.4 Å². The van der Waals surface area contributed by atoms with Crippen molar-refractivity contribution in [1.29, 1.82) is 0 Å². The highest BCUT2D eigenvalue weighted by Gasteiger charge is 2.29. The zero-order valence-corrected chi connectivity index (χ0v) is 9.04. The normalized spacial score (nSPS) is 18.1. The molecule has 0 aromatic carbocycles. The maximum absolute atomic E-state index is 11.1. The third-order valence-electron chi connectivity index (χ3n) is 2.72. The molecule has 0 spiro atoms. The molecule has 0 radical (unpaired) electrons. The largest absolute Gasteiger partial charge is 0.480 e. The van der Waals surface area contributed by atoms with E-state index in [0.29, 0.717) is 13.1 Å². The van der Waals surface area contributed by atoms with E-state index in [1.54, 1.807) is 6.33 Å². The molecule has 0 fully saturated rings. The van der Waals surface area contributed by atoms with Crippen molar-refractivity contribution in [2.24, 2.45) is 0 Å². The van der Waals surface area contributed by atoms with Gasteiger partial charge in [-0.15, -0.1) is 10.2 Å². The first-order valence-corrected chi connectivity index (χ1v) is 5.05. The predicted molar refractivity (Wildman–Crippen MR) is 53.7 cm³/mol. The van der Waals surface area contributed by atoms with E-state index in [-0.39, 0.29) is 6.61 Å². The molecule has 7 heteroatoms. The minimum atomic E-state index is -0.866. The van der Waals surface area contributed by atoms with Gasteiger partial charge in [0, 0.05) is 20.2 Å². The molecule has 1 aliphatic rings. The second-order valence-electron chi connectivity index (χ2n) is 3.72. The minimum absolute atomic E-state index is 0.184. The lowest BCUT2D eigenvalue weighted by Crippen LogP contribution is -2.47. The minimum Gasteiger partial charge on any atom is -0.480 e. The van der Waals surface area contributed by atoms with Gasteiger partial charge in [-0.1, -0.05) is 0 Å². The molecule has 0 amide bonds. The van der Waals surface area contributed by atoms with Gasteiger partial charge in [-0.3, -0.25) is 9.69 Å². The van der Waals surface area contributed by atoms with Gasteiger partial charge in [-0.25, -0.2) is 0 Å². The molecular formula is C9H14N4O3. The van der Waals surface area contributed by atoms with Crippen molar-refractivity contribution in [2.75, 3.05) is 20.3 Å². The maximum atomic E-state index is 11.1. The quantitative estimate of drug-likeness (QED) is 0.723. The zero-order valence-electron chi connectivity index (χ0n) is 9.04. The van der Waals surface area contributed by atoms with Crippen LogP contribution in [0, 0.1) is 0 Å². The summed E-state index contributed by atoms with van der Waals surface area (Å²) in [5, 5.41) is 16.8. The highest BCUT2D eigenvalue weighted by molar-refractivity contribution is 5.73. The molecule has 1 aliphatic heterocycles. The topological polar surface area (TPSA) is 80.5 Å². The SMILES string of the molecule is COCC(C(=O)O)N1CCn2cnnc2C1. The summed E-state index contributed by atoms with van der Waals surface area (Å²) in [5.74, 6) is -0.0663. The Morgan fingerprint density at radius 2 is 2.50 bits per heavy atom. The van der Waals surface area contributed by atoms with Crippen LogP contribution in [0.5, 0.6) is 0 Å². The van der Waals surface area contributed by atoms with Gasteiger partial charge in [0.05, 0.1) is 13.2 Å². The van der Waals surface area contributed by atoms with E-state index in [1.165, 1.54) is 7.11 Å². The maximum Gasteiger partial charge on any atom is 0.323 e. The zero-order chi connectivity index (χ0) is 11.5. The van der Waals surface area contributed by atoms with Gasteiger partial charge in [0.15, 0.2) is 0 Å². The van der Waals surface area contributed by atoms with E-state index in [4.69, 9.17) is 9.84 Å². The predicted octanol–water partition coefficient (Wildman–Crippen LogP) is -0.807. The standard InChI is InChI=1S/C9H14N4O3/c1-16-5-7(9(14)15)12-2-3-13-6-10-11-8(13)4-12/h6-7H,2-5H2,1H3,(H,14,15). The van der Waals surface area contributed by atoms with Crippen molar-refractivity contribution >= 4 is 5.97 Å². The number of carboxylic acid groups (broad SMARTS) is 1. The number of fused-ring (bicyclic) bond motifs is 1. The number of carbonyl (C=O) groups is 1. The van der Waals surface area contributed by atoms with Crippen LogP contribution >= 0.6 is 0 Å². The molecule has 1 atom stereocenters. The summed E-state index contributed by atoms with van der Waals surface area (Å²) in [7, 11) is 1.50. The summed E-state index contributed by atoms with van der Waals surface area (Å²) in [5.41, 5.74) is 0. The number of hydrogen-bond donors (Lipinski definition) is 1. The highest BCUT2D eigenvalue weighted by atomic mass is 16.5. The average molecular weight is 226 g/mol. The Hall–Kier alpha value is -1.47. The van der Waals surface area contributed by atoms with Gasteiger partial charge in [-0.05, 0) is 0 Å². The summed E-state index contributed by atoms with van der Waals surface area (Å²) < 4.78 is 6.86. The summed E-state index contributed by atoms with van der Waals surface area (Å²) >= 11 is 0. The molecule has 0 saturated heterocycles. The number of ether oxygens (including phenoxy) is 1. The first-order valence-electron chi connectivity index (χ1n) is 5.05. The lowest BCUT2D eigenvalue weighted by molar-refractivity contribution is -0.146. The van der Waals surface area contributed by atoms with Gasteiger partial charge < -0.3 is 14.4 Å². The van der Waals surface area contributed by atoms with E-state index in [1.807, 2.05) is 9.47 Å². The monoisotopic (exact) mass is 226 g/mol. The van der Waals surface area contributed by atoms with Crippen LogP contribution in [-0.2, 0) is 22.6 Å². The van der Waals surface area contributed by atoms with E-state index < -0.39 is 12.0 Å². The number of aliphatic carboxylic acids is 1. The first kappa shape index (κ1) is 11.0. The van der Waals surface area contributed by atoms with Gasteiger partial charge in [0.1, 0.15) is 18.2 Å². The number of aromatic nitrogens is 3. The first-order chi connectivity index (χ1) is 7.72. The molecular weight excluding hydrogens is 212 g/mol. The molecule has 2 heterocycles. The summed E-state index contributed by atoms with van der Waals surface area (Å²) in [4.78, 5) is 12.9. The van der Waals surface area contributed by atoms with Gasteiger partial charge >= 0.3 is 5.97 Å². The van der Waals surface area contributed by atoms with Crippen molar-refractivity contribution in [3.8, 4) is 0 Å². The van der Waals surface area contributed by atoms with E-state index >= 15 is 0 Å². The molecule has 0 aliphatic carbocycles. The molecule has 88 valence electrons. The molecule has 0 bridgehead atoms. The van der Waals surface area contributed by atoms with E-state index in [2.05, 4.69) is 10.2 Å². The van der Waals surface area contributed by atoms with Crippen LogP contribution in [0.1, 0.15) is 5.82 Å². The Labute approximate surface area is 92.6 Å². The van der Waals surface area contributed by atoms with Crippen LogP contribution in [0.4, 0.5) is 0 Å². The molecule has 16 heavy (non-hydrogen) atoms. The number of methoxy groups -OCH3 is 1. The Balaban J connectivity index is 2.09. The molecule has 1 aromatic rings. The van der Waals surface area contributed by atoms with Crippen LogP contribution in [0.3, 0.4) is 0 Å². The Kier molecular flexibility index (Phi) is 3.16. The van der Waals surface area contributed by atoms with Crippen molar-refractivity contribution < 1.29 is 14.6 Å². The lowest BCUT2D eigenvalue weighted by atomic mass is 10.2. The highest BCUT2D eigenvalue weighted by Crippen LogP contribution is 2.12. The molecule has 2 rings (SSSR count). The van der Waals surface area contributed by atoms with Crippen molar-refractivity contribution in [3.63, 3.8) is 0 Å². The fourth-order valence-electron chi connectivity index (χ4n) is 1.84. The van der Waals surface area contributed by atoms with Crippen molar-refractivity contribution in [2.45, 2.75) is 19.1 Å². The number of carboxylic acids is 1. The second kappa shape index (κ2) is 4.58. The lowest BCUT2D eigenvalue weighted by Gasteiger charge is -2.31. The second-order valence-corrected chi connectivity index (χ2v) is 3.72. The summed E-state index contributed by atoms with van der Waals surface area (Å²) in [6.45, 7) is 2.07. The fraction of sp³-hybridized carbons (Fsp3) is 0.667.